The molecule has 2 N–H and O–H groups in total. The first-order chi connectivity index (χ1) is 8.16. The summed E-state index contributed by atoms with van der Waals surface area (Å²) >= 11 is 0. The molecule has 1 aromatic rings. The van der Waals surface area contributed by atoms with Crippen LogP contribution in [-0.2, 0) is 0 Å². The molecule has 1 heterocycles. The second-order valence-electron chi connectivity index (χ2n) is 3.51. The molecule has 1 aliphatic heterocycles. The lowest BCUT2D eigenvalue weighted by atomic mass is 10.2. The summed E-state index contributed by atoms with van der Waals surface area (Å²) in [6.07, 6.45) is 1.53. The molecule has 0 fully saturated rings. The number of rotatable bonds is 2. The highest BCUT2D eigenvalue weighted by molar-refractivity contribution is 5.82. The van der Waals surface area contributed by atoms with Crippen LogP contribution in [0.4, 0.5) is 4.79 Å². The molecule has 0 bridgehead atoms. The summed E-state index contributed by atoms with van der Waals surface area (Å²) in [5, 5.41) is 4.93. The Hall–Kier alpha value is -2.24. The second kappa shape index (κ2) is 4.73. The third-order valence-corrected chi connectivity index (χ3v) is 2.27. The van der Waals surface area contributed by atoms with Crippen LogP contribution in [-0.4, -0.2) is 37.5 Å². The van der Waals surface area contributed by atoms with Crippen molar-refractivity contribution >= 4 is 12.2 Å². The van der Waals surface area contributed by atoms with Crippen molar-refractivity contribution < 1.29 is 14.3 Å². The molecule has 17 heavy (non-hydrogen) atoms. The molecule has 0 saturated heterocycles. The van der Waals surface area contributed by atoms with Crippen LogP contribution >= 0.6 is 0 Å². The van der Waals surface area contributed by atoms with Crippen molar-refractivity contribution in [2.45, 2.75) is 0 Å². The van der Waals surface area contributed by atoms with E-state index >= 15 is 0 Å². The van der Waals surface area contributed by atoms with Gasteiger partial charge in [-0.25, -0.2) is 9.80 Å². The number of nitrogens with two attached hydrogens (primary N) is 1. The fourth-order valence-electron chi connectivity index (χ4n) is 1.35. The summed E-state index contributed by atoms with van der Waals surface area (Å²) in [6.45, 7) is 1.10. The molecule has 1 aliphatic rings. The van der Waals surface area contributed by atoms with Gasteiger partial charge in [-0.1, -0.05) is 0 Å². The van der Waals surface area contributed by atoms with Crippen molar-refractivity contribution in [3.8, 4) is 11.5 Å². The van der Waals surface area contributed by atoms with Gasteiger partial charge in [0.2, 0.25) is 0 Å². The van der Waals surface area contributed by atoms with Crippen LogP contribution in [0, 0.1) is 0 Å². The Morgan fingerprint density at radius 2 is 2.12 bits per heavy atom. The summed E-state index contributed by atoms with van der Waals surface area (Å²) in [6, 6.07) is 4.82. The van der Waals surface area contributed by atoms with Gasteiger partial charge < -0.3 is 15.2 Å². The molecule has 0 saturated carbocycles. The van der Waals surface area contributed by atoms with Crippen molar-refractivity contribution in [1.82, 2.24) is 5.01 Å². The number of hydrogen-bond acceptors (Lipinski definition) is 4. The molecule has 0 aromatic heterocycles. The monoisotopic (exact) mass is 235 g/mol. The highest BCUT2D eigenvalue weighted by Crippen LogP contribution is 2.30. The van der Waals surface area contributed by atoms with Gasteiger partial charge in [-0.3, -0.25) is 0 Å². The maximum Gasteiger partial charge on any atom is 0.334 e. The fraction of sp³-hybridized carbons (Fsp3) is 0.273. The highest BCUT2D eigenvalue weighted by atomic mass is 16.6. The molecule has 0 spiro atoms. The van der Waals surface area contributed by atoms with Gasteiger partial charge in [-0.2, -0.15) is 5.10 Å². The molecular formula is C11H13N3O3. The Morgan fingerprint density at radius 3 is 2.82 bits per heavy atom. The first kappa shape index (κ1) is 11.3. The molecular weight excluding hydrogens is 222 g/mol. The largest absolute Gasteiger partial charge is 0.486 e. The molecule has 0 unspecified atom stereocenters. The van der Waals surface area contributed by atoms with Gasteiger partial charge in [0.05, 0.1) is 6.21 Å². The Morgan fingerprint density at radius 1 is 1.41 bits per heavy atom. The van der Waals surface area contributed by atoms with Gasteiger partial charge in [-0.05, 0) is 23.8 Å². The lowest BCUT2D eigenvalue weighted by Gasteiger charge is -2.18. The molecule has 2 amide bonds. The lowest BCUT2D eigenvalue weighted by molar-refractivity contribution is 0.171. The van der Waals surface area contributed by atoms with Crippen molar-refractivity contribution in [1.29, 1.82) is 0 Å². The van der Waals surface area contributed by atoms with Crippen LogP contribution in [0.1, 0.15) is 5.56 Å². The van der Waals surface area contributed by atoms with E-state index in [9.17, 15) is 4.79 Å². The number of hydrogen-bond donors (Lipinski definition) is 1. The Bertz CT molecular complexity index is 459. The minimum Gasteiger partial charge on any atom is -0.486 e. The standard InChI is InChI=1S/C11H13N3O3/c1-14(11(12)15)13-7-8-2-3-9-10(6-8)17-5-4-16-9/h2-3,6-7H,4-5H2,1H3,(H2,12,15). The maximum atomic E-state index is 10.7. The zero-order valence-electron chi connectivity index (χ0n) is 9.42. The predicted octanol–water partition coefficient (Wildman–Crippen LogP) is 0.802. The quantitative estimate of drug-likeness (QED) is 0.608. The van der Waals surface area contributed by atoms with Gasteiger partial charge in [0, 0.05) is 7.05 Å². The zero-order chi connectivity index (χ0) is 12.3. The van der Waals surface area contributed by atoms with Crippen LogP contribution in [0.5, 0.6) is 11.5 Å². The Labute approximate surface area is 98.6 Å². The topological polar surface area (TPSA) is 77.2 Å². The number of amides is 2. The van der Waals surface area contributed by atoms with Crippen molar-refractivity contribution in [3.05, 3.63) is 23.8 Å². The third kappa shape index (κ3) is 2.66. The average molecular weight is 235 g/mol. The SMILES string of the molecule is CN(N=Cc1ccc2c(c1)OCCO2)C(N)=O. The molecule has 2 rings (SSSR count). The Balaban J connectivity index is 2.14. The van der Waals surface area contributed by atoms with Crippen LogP contribution in [0.3, 0.4) is 0 Å². The normalized spacial score (nSPS) is 13.7. The Kier molecular flexibility index (Phi) is 3.13. The summed E-state index contributed by atoms with van der Waals surface area (Å²) < 4.78 is 10.8. The van der Waals surface area contributed by atoms with Crippen molar-refractivity contribution in [2.24, 2.45) is 10.8 Å². The number of urea groups is 1. The van der Waals surface area contributed by atoms with E-state index in [1.54, 1.807) is 12.1 Å². The number of carbonyl (C=O) groups excluding carboxylic acids is 1. The number of ether oxygens (including phenoxy) is 2. The smallest absolute Gasteiger partial charge is 0.334 e. The van der Waals surface area contributed by atoms with Crippen molar-refractivity contribution in [3.63, 3.8) is 0 Å². The van der Waals surface area contributed by atoms with Crippen LogP contribution in [0.15, 0.2) is 23.3 Å². The molecule has 0 radical (unpaired) electrons. The molecule has 0 aliphatic carbocycles. The average Bonchev–Trinajstić information content (AvgIpc) is 2.35. The molecule has 6 nitrogen and oxygen atoms in total. The summed E-state index contributed by atoms with van der Waals surface area (Å²) in [5.41, 5.74) is 5.85. The summed E-state index contributed by atoms with van der Waals surface area (Å²) in [4.78, 5) is 10.7. The molecule has 0 atom stereocenters. The van der Waals surface area contributed by atoms with E-state index in [0.29, 0.717) is 19.0 Å². The van der Waals surface area contributed by atoms with E-state index < -0.39 is 6.03 Å². The number of fused-ring (bicyclic) bond motifs is 1. The van der Waals surface area contributed by atoms with Gasteiger partial charge in [0.1, 0.15) is 13.2 Å². The second-order valence-corrected chi connectivity index (χ2v) is 3.51. The van der Waals surface area contributed by atoms with E-state index in [4.69, 9.17) is 15.2 Å². The zero-order valence-corrected chi connectivity index (χ0v) is 9.42. The van der Waals surface area contributed by atoms with Crippen LogP contribution in [0.25, 0.3) is 0 Å². The van der Waals surface area contributed by atoms with E-state index in [0.717, 1.165) is 16.3 Å². The molecule has 1 aromatic carbocycles. The third-order valence-electron chi connectivity index (χ3n) is 2.27. The number of nitrogens with zero attached hydrogens (tertiary/aromatic N) is 2. The highest BCUT2D eigenvalue weighted by Gasteiger charge is 2.10. The predicted molar refractivity (Wildman–Crippen MR) is 62.4 cm³/mol. The van der Waals surface area contributed by atoms with E-state index in [-0.39, 0.29) is 0 Å². The molecule has 90 valence electrons. The van der Waals surface area contributed by atoms with Gasteiger partial charge in [0.25, 0.3) is 0 Å². The van der Waals surface area contributed by atoms with Gasteiger partial charge in [-0.15, -0.1) is 0 Å². The maximum absolute atomic E-state index is 10.7. The number of carbonyl (C=O) groups is 1. The lowest BCUT2D eigenvalue weighted by Crippen LogP contribution is -2.27. The number of primary amides is 1. The summed E-state index contributed by atoms with van der Waals surface area (Å²) in [5.74, 6) is 1.40. The van der Waals surface area contributed by atoms with E-state index in [1.807, 2.05) is 6.07 Å². The number of benzene rings is 1. The van der Waals surface area contributed by atoms with Crippen LogP contribution in [0.2, 0.25) is 0 Å². The fourth-order valence-corrected chi connectivity index (χ4v) is 1.35. The first-order valence-electron chi connectivity index (χ1n) is 5.13. The van der Waals surface area contributed by atoms with E-state index in [2.05, 4.69) is 5.10 Å². The minimum atomic E-state index is -0.612. The molecule has 6 heteroatoms. The number of hydrazone groups is 1. The van der Waals surface area contributed by atoms with Gasteiger partial charge in [0.15, 0.2) is 11.5 Å². The van der Waals surface area contributed by atoms with Crippen LogP contribution < -0.4 is 15.2 Å². The van der Waals surface area contributed by atoms with E-state index in [1.165, 1.54) is 13.3 Å². The first-order valence-corrected chi connectivity index (χ1v) is 5.13. The minimum absolute atomic E-state index is 0.536. The van der Waals surface area contributed by atoms with Crippen molar-refractivity contribution in [2.75, 3.05) is 20.3 Å². The van der Waals surface area contributed by atoms with Gasteiger partial charge >= 0.3 is 6.03 Å². The summed E-state index contributed by atoms with van der Waals surface area (Å²) in [7, 11) is 1.48.